The summed E-state index contributed by atoms with van der Waals surface area (Å²) in [6.07, 6.45) is 0. The summed E-state index contributed by atoms with van der Waals surface area (Å²) in [6, 6.07) is 9.20. The van der Waals surface area contributed by atoms with Crippen molar-refractivity contribution < 1.29 is 4.79 Å². The molecule has 136 valence electrons. The SMILES string of the molecule is CCn1c(=O)c2c(cc(C)n2C)n(CC(=O)Nc2ccccc2C)c1=O. The van der Waals surface area contributed by atoms with E-state index in [1.165, 1.54) is 4.57 Å². The molecule has 7 nitrogen and oxygen atoms in total. The molecule has 1 N–H and O–H groups in total. The molecular formula is C19H22N4O3. The van der Waals surface area contributed by atoms with Crippen LogP contribution in [0.2, 0.25) is 0 Å². The smallest absolute Gasteiger partial charge is 0.332 e. The molecule has 0 radical (unpaired) electrons. The quantitative estimate of drug-likeness (QED) is 0.776. The molecule has 0 aliphatic carbocycles. The van der Waals surface area contributed by atoms with Crippen LogP contribution >= 0.6 is 0 Å². The molecule has 7 heteroatoms. The van der Waals surface area contributed by atoms with E-state index in [-0.39, 0.29) is 24.6 Å². The van der Waals surface area contributed by atoms with Crippen LogP contribution in [0.1, 0.15) is 18.2 Å². The first-order valence-corrected chi connectivity index (χ1v) is 8.50. The van der Waals surface area contributed by atoms with E-state index >= 15 is 0 Å². The summed E-state index contributed by atoms with van der Waals surface area (Å²) in [6.45, 7) is 5.59. The molecular weight excluding hydrogens is 332 g/mol. The molecule has 0 atom stereocenters. The molecule has 0 saturated carbocycles. The second-order valence-corrected chi connectivity index (χ2v) is 6.36. The van der Waals surface area contributed by atoms with Gasteiger partial charge in [0.2, 0.25) is 5.91 Å². The fourth-order valence-electron chi connectivity index (χ4n) is 3.11. The molecule has 0 unspecified atom stereocenters. The first-order chi connectivity index (χ1) is 12.3. The number of nitrogens with one attached hydrogen (secondary N) is 1. The highest BCUT2D eigenvalue weighted by molar-refractivity contribution is 5.92. The number of hydrogen-bond acceptors (Lipinski definition) is 3. The van der Waals surface area contributed by atoms with E-state index in [1.807, 2.05) is 38.1 Å². The lowest BCUT2D eigenvalue weighted by Gasteiger charge is -2.13. The van der Waals surface area contributed by atoms with Crippen molar-refractivity contribution in [3.63, 3.8) is 0 Å². The van der Waals surface area contributed by atoms with Gasteiger partial charge in [-0.15, -0.1) is 0 Å². The summed E-state index contributed by atoms with van der Waals surface area (Å²) in [5.74, 6) is -0.314. The Hall–Kier alpha value is -3.09. The Morgan fingerprint density at radius 1 is 1.12 bits per heavy atom. The van der Waals surface area contributed by atoms with Crippen molar-refractivity contribution in [3.05, 3.63) is 62.4 Å². The third-order valence-electron chi connectivity index (χ3n) is 4.69. The highest BCUT2D eigenvalue weighted by Gasteiger charge is 2.18. The van der Waals surface area contributed by atoms with Crippen LogP contribution in [0.25, 0.3) is 11.0 Å². The third kappa shape index (κ3) is 2.85. The van der Waals surface area contributed by atoms with E-state index < -0.39 is 5.69 Å². The minimum atomic E-state index is -0.476. The zero-order valence-corrected chi connectivity index (χ0v) is 15.4. The average Bonchev–Trinajstić information content (AvgIpc) is 2.89. The van der Waals surface area contributed by atoms with Gasteiger partial charge >= 0.3 is 5.69 Å². The number of benzene rings is 1. The van der Waals surface area contributed by atoms with E-state index in [0.717, 1.165) is 15.8 Å². The van der Waals surface area contributed by atoms with Crippen LogP contribution in [0.5, 0.6) is 0 Å². The maximum absolute atomic E-state index is 12.7. The number of hydrogen-bond donors (Lipinski definition) is 1. The zero-order valence-electron chi connectivity index (χ0n) is 15.4. The number of aryl methyl sites for hydroxylation is 3. The minimum absolute atomic E-state index is 0.159. The topological polar surface area (TPSA) is 78.0 Å². The minimum Gasteiger partial charge on any atom is -0.342 e. The molecule has 0 aliphatic rings. The van der Waals surface area contributed by atoms with Crippen molar-refractivity contribution in [3.8, 4) is 0 Å². The zero-order chi connectivity index (χ0) is 19.0. The van der Waals surface area contributed by atoms with Gasteiger partial charge in [-0.3, -0.25) is 18.7 Å². The molecule has 0 spiro atoms. The van der Waals surface area contributed by atoms with Crippen LogP contribution in [0, 0.1) is 13.8 Å². The summed E-state index contributed by atoms with van der Waals surface area (Å²) >= 11 is 0. The summed E-state index contributed by atoms with van der Waals surface area (Å²) in [5, 5.41) is 2.83. The monoisotopic (exact) mass is 354 g/mol. The Morgan fingerprint density at radius 3 is 2.46 bits per heavy atom. The molecule has 2 heterocycles. The summed E-state index contributed by atoms with van der Waals surface area (Å²) < 4.78 is 4.27. The van der Waals surface area contributed by atoms with Gasteiger partial charge in [-0.1, -0.05) is 18.2 Å². The van der Waals surface area contributed by atoms with Gasteiger partial charge in [-0.25, -0.2) is 4.79 Å². The third-order valence-corrected chi connectivity index (χ3v) is 4.69. The van der Waals surface area contributed by atoms with Crippen molar-refractivity contribution in [1.29, 1.82) is 0 Å². The van der Waals surface area contributed by atoms with Crippen LogP contribution in [-0.2, 0) is 24.9 Å². The van der Waals surface area contributed by atoms with Gasteiger partial charge in [0.05, 0.1) is 5.52 Å². The number of rotatable bonds is 4. The predicted molar refractivity (Wildman–Crippen MR) is 102 cm³/mol. The maximum Gasteiger partial charge on any atom is 0.332 e. The standard InChI is InChI=1S/C19H22N4O3/c1-5-22-18(25)17-15(10-13(3)21(17)4)23(19(22)26)11-16(24)20-14-9-7-6-8-12(14)2/h6-10H,5,11H2,1-4H3,(H,20,24). The van der Waals surface area contributed by atoms with Crippen molar-refractivity contribution in [1.82, 2.24) is 13.7 Å². The van der Waals surface area contributed by atoms with E-state index in [2.05, 4.69) is 5.32 Å². The highest BCUT2D eigenvalue weighted by atomic mass is 16.2. The van der Waals surface area contributed by atoms with Gasteiger partial charge in [0, 0.05) is 25.0 Å². The van der Waals surface area contributed by atoms with Crippen molar-refractivity contribution >= 4 is 22.6 Å². The number of anilines is 1. The second kappa shape index (κ2) is 6.67. The molecule has 0 bridgehead atoms. The number of fused-ring (bicyclic) bond motifs is 1. The van der Waals surface area contributed by atoms with Crippen LogP contribution < -0.4 is 16.6 Å². The Bertz CT molecular complexity index is 1120. The average molecular weight is 354 g/mol. The number of nitrogens with zero attached hydrogens (tertiary/aromatic N) is 3. The Labute approximate surface area is 150 Å². The predicted octanol–water partition coefficient (Wildman–Crippen LogP) is 1.78. The van der Waals surface area contributed by atoms with Gasteiger partial charge in [-0.05, 0) is 38.5 Å². The van der Waals surface area contributed by atoms with Crippen LogP contribution in [0.4, 0.5) is 5.69 Å². The van der Waals surface area contributed by atoms with Crippen LogP contribution in [0.15, 0.2) is 39.9 Å². The molecule has 1 aromatic carbocycles. The summed E-state index contributed by atoms with van der Waals surface area (Å²) in [7, 11) is 1.78. The fraction of sp³-hybridized carbons (Fsp3) is 0.316. The molecule has 1 amide bonds. The summed E-state index contributed by atoms with van der Waals surface area (Å²) in [4.78, 5) is 37.9. The second-order valence-electron chi connectivity index (χ2n) is 6.36. The van der Waals surface area contributed by atoms with Crippen molar-refractivity contribution in [2.45, 2.75) is 33.9 Å². The van der Waals surface area contributed by atoms with Crippen LogP contribution in [0.3, 0.4) is 0 Å². The van der Waals surface area contributed by atoms with Crippen LogP contribution in [-0.4, -0.2) is 19.6 Å². The van der Waals surface area contributed by atoms with E-state index in [0.29, 0.717) is 16.7 Å². The van der Waals surface area contributed by atoms with Crippen molar-refractivity contribution in [2.24, 2.45) is 7.05 Å². The Morgan fingerprint density at radius 2 is 1.81 bits per heavy atom. The number of aromatic nitrogens is 3. The molecule has 26 heavy (non-hydrogen) atoms. The number of para-hydroxylation sites is 1. The van der Waals surface area contributed by atoms with Gasteiger partial charge in [0.25, 0.3) is 5.56 Å². The first-order valence-electron chi connectivity index (χ1n) is 8.50. The lowest BCUT2D eigenvalue weighted by Crippen LogP contribution is -2.41. The van der Waals surface area contributed by atoms with Gasteiger partial charge in [0.1, 0.15) is 12.1 Å². The molecule has 3 rings (SSSR count). The molecule has 3 aromatic rings. The van der Waals surface area contributed by atoms with E-state index in [1.54, 1.807) is 24.6 Å². The highest BCUT2D eigenvalue weighted by Crippen LogP contribution is 2.15. The molecule has 0 fully saturated rings. The lowest BCUT2D eigenvalue weighted by atomic mass is 10.2. The normalized spacial score (nSPS) is 11.1. The first kappa shape index (κ1) is 17.7. The molecule has 2 aromatic heterocycles. The molecule has 0 aliphatic heterocycles. The largest absolute Gasteiger partial charge is 0.342 e. The number of carbonyl (C=O) groups is 1. The van der Waals surface area contributed by atoms with Gasteiger partial charge < -0.3 is 9.88 Å². The van der Waals surface area contributed by atoms with E-state index in [4.69, 9.17) is 0 Å². The van der Waals surface area contributed by atoms with Gasteiger partial charge in [0.15, 0.2) is 0 Å². The van der Waals surface area contributed by atoms with Crippen molar-refractivity contribution in [2.75, 3.05) is 5.32 Å². The number of amides is 1. The molecule has 0 saturated heterocycles. The lowest BCUT2D eigenvalue weighted by molar-refractivity contribution is -0.116. The summed E-state index contributed by atoms with van der Waals surface area (Å²) in [5.41, 5.74) is 2.58. The fourth-order valence-corrected chi connectivity index (χ4v) is 3.11. The number of carbonyl (C=O) groups excluding carboxylic acids is 1. The Balaban J connectivity index is 2.09. The van der Waals surface area contributed by atoms with Gasteiger partial charge in [-0.2, -0.15) is 0 Å². The Kier molecular flexibility index (Phi) is 4.54. The van der Waals surface area contributed by atoms with E-state index in [9.17, 15) is 14.4 Å². The maximum atomic E-state index is 12.7.